The second-order valence-corrected chi connectivity index (χ2v) is 11.7. The topological polar surface area (TPSA) is 326 Å². The minimum Gasteiger partial charge on any atom is -0.368 e. The van der Waals surface area contributed by atoms with Crippen molar-refractivity contribution in [1.82, 2.24) is 61.1 Å². The summed E-state index contributed by atoms with van der Waals surface area (Å²) in [5, 5.41) is 10.8. The van der Waals surface area contributed by atoms with E-state index >= 15 is 0 Å². The van der Waals surface area contributed by atoms with Crippen molar-refractivity contribution >= 4 is 29.5 Å². The van der Waals surface area contributed by atoms with Crippen LogP contribution < -0.4 is 38.5 Å². The summed E-state index contributed by atoms with van der Waals surface area (Å²) in [6, 6.07) is -4.98. The number of nitrogens with one attached hydrogen (secondary N) is 8. The largest absolute Gasteiger partial charge is 0.368 e. The molecule has 0 aliphatic rings. The summed E-state index contributed by atoms with van der Waals surface area (Å²) in [6.07, 6.45) is 13.6. The van der Waals surface area contributed by atoms with Crippen molar-refractivity contribution in [2.24, 2.45) is 17.2 Å². The highest BCUT2D eigenvalue weighted by molar-refractivity contribution is 5.93. The average Bonchev–Trinajstić information content (AvgIpc) is 3.93. The second kappa shape index (κ2) is 18.6. The molecule has 4 aromatic rings. The first-order valence-electron chi connectivity index (χ1n) is 16.0. The Morgan fingerprint density at radius 1 is 0.560 bits per heavy atom. The predicted molar refractivity (Wildman–Crippen MR) is 177 cm³/mol. The number of aromatic amines is 4. The number of carbonyl (C=O) groups excluding carboxylic acids is 5. The van der Waals surface area contributed by atoms with Gasteiger partial charge in [-0.3, -0.25) is 24.0 Å². The van der Waals surface area contributed by atoms with Crippen molar-refractivity contribution in [2.75, 3.05) is 6.54 Å². The number of rotatable bonds is 21. The molecule has 0 radical (unpaired) electrons. The molecule has 14 N–H and O–H groups in total. The fraction of sp³-hybridized carbons (Fsp3) is 0.433. The third kappa shape index (κ3) is 11.7. The lowest BCUT2D eigenvalue weighted by Crippen LogP contribution is -2.56. The maximum absolute atomic E-state index is 13.3. The number of hydrogen-bond acceptors (Lipinski definition) is 11. The molecular formula is C30H43N15O5. The van der Waals surface area contributed by atoms with E-state index in [1.54, 1.807) is 18.6 Å². The Labute approximate surface area is 286 Å². The molecule has 0 aliphatic heterocycles. The molecule has 0 bridgehead atoms. The molecule has 0 fully saturated rings. The van der Waals surface area contributed by atoms with Gasteiger partial charge in [-0.15, -0.1) is 0 Å². The van der Waals surface area contributed by atoms with Crippen LogP contribution in [0.2, 0.25) is 0 Å². The van der Waals surface area contributed by atoms with Gasteiger partial charge in [0.05, 0.1) is 37.4 Å². The summed E-state index contributed by atoms with van der Waals surface area (Å²) in [5.74, 6) is -2.93. The molecule has 0 spiro atoms. The number of hydrogen-bond donors (Lipinski definition) is 11. The molecule has 5 atom stereocenters. The summed E-state index contributed by atoms with van der Waals surface area (Å²) in [7, 11) is 0. The SMILES string of the molecule is NC(=O)C(CCCCNC(=O)C(Cc1cnc[nH]1)NC(=O)C(N)Cc1cnc[nH]1)NC(=O)C(Cc1cnc[nH]1)NC(=O)C(N)Cc1cnc[nH]1. The molecule has 4 rings (SSSR count). The van der Waals surface area contributed by atoms with Gasteiger partial charge >= 0.3 is 0 Å². The Kier molecular flexibility index (Phi) is 13.7. The lowest BCUT2D eigenvalue weighted by molar-refractivity contribution is -0.131. The van der Waals surface area contributed by atoms with Gasteiger partial charge in [0.25, 0.3) is 0 Å². The monoisotopic (exact) mass is 693 g/mol. The lowest BCUT2D eigenvalue weighted by atomic mass is 10.1. The van der Waals surface area contributed by atoms with Crippen LogP contribution in [0.5, 0.6) is 0 Å². The zero-order chi connectivity index (χ0) is 35.9. The summed E-state index contributed by atoms with van der Waals surface area (Å²) >= 11 is 0. The number of aromatic nitrogens is 8. The van der Waals surface area contributed by atoms with Gasteiger partial charge in [0, 0.05) is 79.8 Å². The van der Waals surface area contributed by atoms with Crippen molar-refractivity contribution < 1.29 is 24.0 Å². The van der Waals surface area contributed by atoms with Gasteiger partial charge in [-0.1, -0.05) is 0 Å². The smallest absolute Gasteiger partial charge is 0.243 e. The van der Waals surface area contributed by atoms with E-state index in [4.69, 9.17) is 17.2 Å². The molecule has 4 aromatic heterocycles. The third-order valence-electron chi connectivity index (χ3n) is 7.77. The Hall–Kier alpha value is -5.89. The Morgan fingerprint density at radius 2 is 0.960 bits per heavy atom. The molecule has 5 unspecified atom stereocenters. The first-order valence-corrected chi connectivity index (χ1v) is 16.0. The summed E-state index contributed by atoms with van der Waals surface area (Å²) in [5.41, 5.74) is 20.3. The standard InChI is InChI=1S/C30H43N15O5/c31-21(5-17-9-34-13-39-17)27(47)44-24(7-19-11-36-15-41-19)29(49)38-4-2-1-3-23(26(33)46)43-30(50)25(8-20-12-37-16-42-20)45-28(48)22(32)6-18-10-35-14-40-18/h9-16,21-25H,1-8,31-32H2,(H2,33,46)(H,34,39)(H,35,40)(H,36,41)(H,37,42)(H,38,49)(H,43,50)(H,44,47)(H,45,48). The Morgan fingerprint density at radius 3 is 1.36 bits per heavy atom. The second-order valence-electron chi connectivity index (χ2n) is 11.7. The molecule has 0 saturated heterocycles. The molecule has 20 nitrogen and oxygen atoms in total. The molecule has 268 valence electrons. The average molecular weight is 694 g/mol. The highest BCUT2D eigenvalue weighted by Gasteiger charge is 2.29. The van der Waals surface area contributed by atoms with E-state index in [2.05, 4.69) is 61.1 Å². The number of nitrogens with zero attached hydrogens (tertiary/aromatic N) is 4. The summed E-state index contributed by atoms with van der Waals surface area (Å²) < 4.78 is 0. The number of imidazole rings is 4. The van der Waals surface area contributed by atoms with Crippen molar-refractivity contribution in [3.63, 3.8) is 0 Å². The first-order chi connectivity index (χ1) is 24.1. The zero-order valence-electron chi connectivity index (χ0n) is 27.2. The molecular weight excluding hydrogens is 650 g/mol. The molecule has 20 heteroatoms. The van der Waals surface area contributed by atoms with Crippen LogP contribution in [0.25, 0.3) is 0 Å². The normalized spacial score (nSPS) is 14.1. The molecule has 0 aliphatic carbocycles. The maximum Gasteiger partial charge on any atom is 0.243 e. The van der Waals surface area contributed by atoms with Crippen LogP contribution in [0.15, 0.2) is 50.1 Å². The van der Waals surface area contributed by atoms with Gasteiger partial charge in [0.1, 0.15) is 18.1 Å². The van der Waals surface area contributed by atoms with E-state index in [1.165, 1.54) is 31.5 Å². The fourth-order valence-electron chi connectivity index (χ4n) is 5.03. The van der Waals surface area contributed by atoms with Crippen LogP contribution in [0, 0.1) is 0 Å². The van der Waals surface area contributed by atoms with E-state index in [0.717, 1.165) is 0 Å². The zero-order valence-corrected chi connectivity index (χ0v) is 27.2. The van der Waals surface area contributed by atoms with Crippen molar-refractivity contribution in [3.8, 4) is 0 Å². The first kappa shape index (κ1) is 36.9. The Bertz CT molecular complexity index is 1620. The van der Waals surface area contributed by atoms with Crippen LogP contribution in [-0.4, -0.2) is 106 Å². The van der Waals surface area contributed by atoms with E-state index in [0.29, 0.717) is 35.6 Å². The molecule has 0 saturated carbocycles. The van der Waals surface area contributed by atoms with Gasteiger partial charge in [-0.05, 0) is 19.3 Å². The minimum absolute atomic E-state index is 0.0518. The molecule has 0 aromatic carbocycles. The lowest BCUT2D eigenvalue weighted by Gasteiger charge is -2.23. The summed E-state index contributed by atoms with van der Waals surface area (Å²) in [4.78, 5) is 91.8. The number of primary amides is 1. The molecule has 50 heavy (non-hydrogen) atoms. The maximum atomic E-state index is 13.3. The van der Waals surface area contributed by atoms with E-state index in [9.17, 15) is 24.0 Å². The quantitative estimate of drug-likeness (QED) is 0.0385. The highest BCUT2D eigenvalue weighted by Crippen LogP contribution is 2.06. The Balaban J connectivity index is 1.27. The van der Waals surface area contributed by atoms with Crippen LogP contribution in [-0.2, 0) is 49.7 Å². The number of carbonyl (C=O) groups is 5. The van der Waals surface area contributed by atoms with E-state index < -0.39 is 59.7 Å². The number of nitrogens with two attached hydrogens (primary N) is 3. The van der Waals surface area contributed by atoms with Gasteiger partial charge in [-0.2, -0.15) is 0 Å². The predicted octanol–water partition coefficient (Wildman–Crippen LogP) is -3.27. The van der Waals surface area contributed by atoms with Crippen LogP contribution in [0.4, 0.5) is 0 Å². The van der Waals surface area contributed by atoms with Gasteiger partial charge in [0.2, 0.25) is 29.5 Å². The van der Waals surface area contributed by atoms with E-state index in [1.807, 2.05) is 0 Å². The minimum atomic E-state index is -1.09. The molecule has 4 heterocycles. The van der Waals surface area contributed by atoms with Crippen molar-refractivity contribution in [2.45, 2.75) is 75.2 Å². The van der Waals surface area contributed by atoms with Crippen molar-refractivity contribution in [3.05, 3.63) is 72.9 Å². The third-order valence-corrected chi connectivity index (χ3v) is 7.77. The summed E-state index contributed by atoms with van der Waals surface area (Å²) in [6.45, 7) is 0.209. The number of unbranched alkanes of at least 4 members (excludes halogenated alkanes) is 1. The van der Waals surface area contributed by atoms with Crippen LogP contribution >= 0.6 is 0 Å². The number of H-pyrrole nitrogens is 4. The van der Waals surface area contributed by atoms with Crippen LogP contribution in [0.3, 0.4) is 0 Å². The number of amides is 5. The van der Waals surface area contributed by atoms with Crippen molar-refractivity contribution in [1.29, 1.82) is 0 Å². The van der Waals surface area contributed by atoms with Gasteiger partial charge < -0.3 is 58.4 Å². The van der Waals surface area contributed by atoms with Gasteiger partial charge in [0.15, 0.2) is 0 Å². The molecule has 5 amide bonds. The fourth-order valence-corrected chi connectivity index (χ4v) is 5.03. The van der Waals surface area contributed by atoms with Crippen LogP contribution in [0.1, 0.15) is 42.0 Å². The highest BCUT2D eigenvalue weighted by atomic mass is 16.2. The van der Waals surface area contributed by atoms with E-state index in [-0.39, 0.29) is 38.6 Å². The van der Waals surface area contributed by atoms with Gasteiger partial charge in [-0.25, -0.2) is 19.9 Å².